The van der Waals surface area contributed by atoms with Gasteiger partial charge in [-0.3, -0.25) is 0 Å². The smallest absolute Gasteiger partial charge is 0.0292 e. The molecule has 2 aromatic rings. The van der Waals surface area contributed by atoms with Crippen LogP contribution in [0.25, 0.3) is 0 Å². The van der Waals surface area contributed by atoms with Crippen molar-refractivity contribution >= 4 is 11.8 Å². The van der Waals surface area contributed by atoms with Crippen LogP contribution in [0.1, 0.15) is 31.0 Å². The number of thioether (sulfide) groups is 1. The SMILES string of the molecule is CCNC(C)c1cccc(SCCc2ccccc2)c1. The van der Waals surface area contributed by atoms with Crippen LogP contribution in [0.3, 0.4) is 0 Å². The van der Waals surface area contributed by atoms with E-state index < -0.39 is 0 Å². The van der Waals surface area contributed by atoms with Gasteiger partial charge < -0.3 is 5.32 Å². The summed E-state index contributed by atoms with van der Waals surface area (Å²) in [6, 6.07) is 20.0. The number of aryl methyl sites for hydroxylation is 1. The normalized spacial score (nSPS) is 12.3. The molecule has 0 aliphatic rings. The van der Waals surface area contributed by atoms with Gasteiger partial charge in [-0.15, -0.1) is 11.8 Å². The quantitative estimate of drug-likeness (QED) is 0.741. The van der Waals surface area contributed by atoms with E-state index in [4.69, 9.17) is 0 Å². The molecule has 0 spiro atoms. The van der Waals surface area contributed by atoms with E-state index in [1.165, 1.54) is 16.0 Å². The monoisotopic (exact) mass is 285 g/mol. The Labute approximate surface area is 126 Å². The molecule has 1 N–H and O–H groups in total. The van der Waals surface area contributed by atoms with Crippen molar-refractivity contribution in [2.75, 3.05) is 12.3 Å². The van der Waals surface area contributed by atoms with Crippen LogP contribution in [-0.2, 0) is 6.42 Å². The first-order valence-electron chi connectivity index (χ1n) is 7.29. The van der Waals surface area contributed by atoms with Gasteiger partial charge in [0.25, 0.3) is 0 Å². The first-order chi connectivity index (χ1) is 9.79. The highest BCUT2D eigenvalue weighted by Gasteiger charge is 2.04. The zero-order valence-electron chi connectivity index (χ0n) is 12.3. The van der Waals surface area contributed by atoms with E-state index in [0.717, 1.165) is 18.7 Å². The predicted octanol–water partition coefficient (Wildman–Crippen LogP) is 4.69. The second-order valence-electron chi connectivity index (χ2n) is 4.94. The summed E-state index contributed by atoms with van der Waals surface area (Å²) in [5, 5.41) is 3.46. The topological polar surface area (TPSA) is 12.0 Å². The Kier molecular flexibility index (Phi) is 6.16. The van der Waals surface area contributed by atoms with Gasteiger partial charge in [0.05, 0.1) is 0 Å². The molecule has 0 amide bonds. The summed E-state index contributed by atoms with van der Waals surface area (Å²) in [4.78, 5) is 1.36. The molecule has 0 fully saturated rings. The summed E-state index contributed by atoms with van der Waals surface area (Å²) in [6.45, 7) is 5.37. The van der Waals surface area contributed by atoms with E-state index in [9.17, 15) is 0 Å². The molecule has 2 rings (SSSR count). The Hall–Kier alpha value is -1.25. The molecule has 0 aromatic heterocycles. The lowest BCUT2D eigenvalue weighted by molar-refractivity contribution is 0.597. The maximum absolute atomic E-state index is 3.46. The van der Waals surface area contributed by atoms with Crippen molar-refractivity contribution in [1.82, 2.24) is 5.32 Å². The van der Waals surface area contributed by atoms with Crippen molar-refractivity contribution in [3.8, 4) is 0 Å². The molecule has 2 aromatic carbocycles. The third-order valence-electron chi connectivity index (χ3n) is 3.37. The Morgan fingerprint density at radius 2 is 1.85 bits per heavy atom. The molecule has 0 aliphatic carbocycles. The molecule has 0 heterocycles. The van der Waals surface area contributed by atoms with Crippen molar-refractivity contribution in [2.24, 2.45) is 0 Å². The molecule has 0 aliphatic heterocycles. The van der Waals surface area contributed by atoms with Crippen LogP contribution in [0.2, 0.25) is 0 Å². The Morgan fingerprint density at radius 3 is 2.60 bits per heavy atom. The fourth-order valence-electron chi connectivity index (χ4n) is 2.23. The van der Waals surface area contributed by atoms with E-state index in [1.807, 2.05) is 11.8 Å². The van der Waals surface area contributed by atoms with Crippen LogP contribution in [0.5, 0.6) is 0 Å². The highest BCUT2D eigenvalue weighted by molar-refractivity contribution is 7.99. The number of rotatable bonds is 7. The van der Waals surface area contributed by atoms with Crippen LogP contribution in [0.4, 0.5) is 0 Å². The summed E-state index contributed by atoms with van der Waals surface area (Å²) in [7, 11) is 0. The van der Waals surface area contributed by atoms with Crippen LogP contribution in [0.15, 0.2) is 59.5 Å². The molecule has 2 heteroatoms. The Balaban J connectivity index is 1.88. The average Bonchev–Trinajstić information content (AvgIpc) is 2.49. The lowest BCUT2D eigenvalue weighted by Gasteiger charge is -2.13. The summed E-state index contributed by atoms with van der Waals surface area (Å²) in [6.07, 6.45) is 1.12. The first-order valence-corrected chi connectivity index (χ1v) is 8.28. The van der Waals surface area contributed by atoms with Crippen LogP contribution < -0.4 is 5.32 Å². The molecule has 1 atom stereocenters. The van der Waals surface area contributed by atoms with Gasteiger partial charge in [-0.2, -0.15) is 0 Å². The van der Waals surface area contributed by atoms with Crippen molar-refractivity contribution in [3.63, 3.8) is 0 Å². The number of nitrogens with one attached hydrogen (secondary N) is 1. The fourth-order valence-corrected chi connectivity index (χ4v) is 3.20. The minimum Gasteiger partial charge on any atom is -0.310 e. The summed E-state index contributed by atoms with van der Waals surface area (Å²) >= 11 is 1.94. The Bertz CT molecular complexity index is 510. The van der Waals surface area contributed by atoms with E-state index in [1.54, 1.807) is 0 Å². The molecular weight excluding hydrogens is 262 g/mol. The summed E-state index contributed by atoms with van der Waals surface area (Å²) in [5.74, 6) is 1.13. The molecule has 1 unspecified atom stereocenters. The van der Waals surface area contributed by atoms with Gasteiger partial charge in [0, 0.05) is 16.7 Å². The molecular formula is C18H23NS. The van der Waals surface area contributed by atoms with Crippen LogP contribution >= 0.6 is 11.8 Å². The highest BCUT2D eigenvalue weighted by Crippen LogP contribution is 2.23. The molecule has 0 saturated heterocycles. The third-order valence-corrected chi connectivity index (χ3v) is 4.37. The van der Waals surface area contributed by atoms with Crippen LogP contribution in [-0.4, -0.2) is 12.3 Å². The number of hydrogen-bond donors (Lipinski definition) is 1. The van der Waals surface area contributed by atoms with E-state index in [2.05, 4.69) is 73.8 Å². The zero-order valence-corrected chi connectivity index (χ0v) is 13.1. The first kappa shape index (κ1) is 15.1. The van der Waals surface area contributed by atoms with Gasteiger partial charge in [-0.05, 0) is 43.1 Å². The minimum atomic E-state index is 0.426. The molecule has 1 nitrogen and oxygen atoms in total. The summed E-state index contributed by atoms with van der Waals surface area (Å²) < 4.78 is 0. The van der Waals surface area contributed by atoms with Gasteiger partial charge in [0.2, 0.25) is 0 Å². The van der Waals surface area contributed by atoms with Crippen LogP contribution in [0, 0.1) is 0 Å². The minimum absolute atomic E-state index is 0.426. The van der Waals surface area contributed by atoms with E-state index in [-0.39, 0.29) is 0 Å². The largest absolute Gasteiger partial charge is 0.310 e. The highest BCUT2D eigenvalue weighted by atomic mass is 32.2. The van der Waals surface area contributed by atoms with Gasteiger partial charge >= 0.3 is 0 Å². The van der Waals surface area contributed by atoms with Crippen molar-refractivity contribution in [2.45, 2.75) is 31.2 Å². The van der Waals surface area contributed by atoms with Gasteiger partial charge in [0.1, 0.15) is 0 Å². The second kappa shape index (κ2) is 8.13. The van der Waals surface area contributed by atoms with Gasteiger partial charge in [-0.25, -0.2) is 0 Å². The van der Waals surface area contributed by atoms with Crippen molar-refractivity contribution in [1.29, 1.82) is 0 Å². The van der Waals surface area contributed by atoms with Crippen molar-refractivity contribution < 1.29 is 0 Å². The number of benzene rings is 2. The molecule has 106 valence electrons. The van der Waals surface area contributed by atoms with E-state index >= 15 is 0 Å². The zero-order chi connectivity index (χ0) is 14.2. The molecule has 0 radical (unpaired) electrons. The lowest BCUT2D eigenvalue weighted by atomic mass is 10.1. The maximum atomic E-state index is 3.46. The molecule has 0 saturated carbocycles. The van der Waals surface area contributed by atoms with E-state index in [0.29, 0.717) is 6.04 Å². The van der Waals surface area contributed by atoms with Gasteiger partial charge in [0.15, 0.2) is 0 Å². The predicted molar refractivity (Wildman–Crippen MR) is 89.4 cm³/mol. The Morgan fingerprint density at radius 1 is 1.05 bits per heavy atom. The second-order valence-corrected chi connectivity index (χ2v) is 6.10. The fraction of sp³-hybridized carbons (Fsp3) is 0.333. The third kappa shape index (κ3) is 4.69. The summed E-state index contributed by atoms with van der Waals surface area (Å²) in [5.41, 5.74) is 2.79. The molecule has 0 bridgehead atoms. The van der Waals surface area contributed by atoms with Gasteiger partial charge in [-0.1, -0.05) is 49.4 Å². The van der Waals surface area contributed by atoms with Crippen molar-refractivity contribution in [3.05, 3.63) is 65.7 Å². The maximum Gasteiger partial charge on any atom is 0.0292 e. The average molecular weight is 285 g/mol. The standard InChI is InChI=1S/C18H23NS/c1-3-19-15(2)17-10-7-11-18(14-17)20-13-12-16-8-5-4-6-9-16/h4-11,14-15,19H,3,12-13H2,1-2H3. The number of hydrogen-bond acceptors (Lipinski definition) is 2. The molecule has 20 heavy (non-hydrogen) atoms. The lowest BCUT2D eigenvalue weighted by Crippen LogP contribution is -2.17.